The van der Waals surface area contributed by atoms with E-state index in [1.54, 1.807) is 44.2 Å². The van der Waals surface area contributed by atoms with Crippen LogP contribution in [0.2, 0.25) is 0 Å². The Kier molecular flexibility index (Phi) is 4.71. The van der Waals surface area contributed by atoms with Crippen LogP contribution in [0.3, 0.4) is 0 Å². The van der Waals surface area contributed by atoms with Crippen molar-refractivity contribution >= 4 is 23.7 Å². The molecule has 2 rings (SSSR count). The summed E-state index contributed by atoms with van der Waals surface area (Å²) in [6, 6.07) is 6.95. The smallest absolute Gasteiger partial charge is 0.367 e. The zero-order chi connectivity index (χ0) is 15.2. The van der Waals surface area contributed by atoms with Gasteiger partial charge in [-0.2, -0.15) is 0 Å². The Morgan fingerprint density at radius 1 is 1.33 bits per heavy atom. The Balaban J connectivity index is 1.99. The first-order valence-electron chi connectivity index (χ1n) is 6.46. The van der Waals surface area contributed by atoms with Gasteiger partial charge >= 0.3 is 11.9 Å². The molecule has 0 atom stereocenters. The number of nitrogens with zero attached hydrogens (tertiary/aromatic N) is 1. The lowest BCUT2D eigenvalue weighted by molar-refractivity contribution is -0.145. The van der Waals surface area contributed by atoms with Gasteiger partial charge in [-0.15, -0.1) is 0 Å². The molecular weight excluding hydrogens is 274 g/mol. The molecule has 6 heteroatoms. The highest BCUT2D eigenvalue weighted by Crippen LogP contribution is 2.18. The molecule has 0 N–H and O–H groups in total. The molecule has 0 amide bonds. The fourth-order valence-electron chi connectivity index (χ4n) is 1.69. The van der Waals surface area contributed by atoms with Crippen molar-refractivity contribution in [2.45, 2.75) is 13.8 Å². The maximum atomic E-state index is 11.4. The van der Waals surface area contributed by atoms with Crippen molar-refractivity contribution in [3.05, 3.63) is 35.4 Å². The van der Waals surface area contributed by atoms with Gasteiger partial charge in [-0.1, -0.05) is 17.3 Å². The molecule has 1 aliphatic heterocycles. The maximum absolute atomic E-state index is 11.4. The normalized spacial score (nSPS) is 15.6. The molecule has 0 radical (unpaired) electrons. The Bertz CT molecular complexity index is 601. The van der Waals surface area contributed by atoms with E-state index < -0.39 is 11.9 Å². The molecule has 0 spiro atoms. The van der Waals surface area contributed by atoms with Crippen molar-refractivity contribution in [2.24, 2.45) is 5.16 Å². The highest BCUT2D eigenvalue weighted by molar-refractivity contribution is 6.24. The lowest BCUT2D eigenvalue weighted by atomic mass is 10.1. The standard InChI is InChI=1S/C15H15NO5/c1-3-19-14(17)9-20-12-6-4-11(5-7-12)8-13-10(2)16-21-15(13)18/h4-8H,3,9H2,1-2H3/b13-8-. The topological polar surface area (TPSA) is 74.2 Å². The summed E-state index contributed by atoms with van der Waals surface area (Å²) in [5.74, 6) is -0.330. The molecule has 0 fully saturated rings. The highest BCUT2D eigenvalue weighted by atomic mass is 16.7. The fourth-order valence-corrected chi connectivity index (χ4v) is 1.69. The van der Waals surface area contributed by atoms with Gasteiger partial charge in [0.05, 0.1) is 17.9 Å². The molecule has 0 bridgehead atoms. The number of hydrogen-bond donors (Lipinski definition) is 0. The molecule has 1 heterocycles. The average molecular weight is 289 g/mol. The highest BCUT2D eigenvalue weighted by Gasteiger charge is 2.21. The molecule has 0 unspecified atom stereocenters. The molecule has 0 aliphatic carbocycles. The minimum absolute atomic E-state index is 0.133. The van der Waals surface area contributed by atoms with E-state index in [0.717, 1.165) is 5.56 Å². The summed E-state index contributed by atoms with van der Waals surface area (Å²) in [7, 11) is 0. The van der Waals surface area contributed by atoms with Gasteiger partial charge in [-0.3, -0.25) is 0 Å². The average Bonchev–Trinajstić information content (AvgIpc) is 2.79. The van der Waals surface area contributed by atoms with Crippen molar-refractivity contribution in [1.82, 2.24) is 0 Å². The SMILES string of the molecule is CCOC(=O)COc1ccc(/C=C2\C(=O)ON=C2C)cc1. The fraction of sp³-hybridized carbons (Fsp3) is 0.267. The number of hydrogen-bond acceptors (Lipinski definition) is 6. The summed E-state index contributed by atoms with van der Waals surface area (Å²) in [6.07, 6.45) is 1.68. The first-order valence-corrected chi connectivity index (χ1v) is 6.46. The molecule has 0 saturated carbocycles. The number of carbonyl (C=O) groups excluding carboxylic acids is 2. The largest absolute Gasteiger partial charge is 0.482 e. The van der Waals surface area contributed by atoms with Gasteiger partial charge in [0, 0.05) is 0 Å². The first-order chi connectivity index (χ1) is 10.1. The Morgan fingerprint density at radius 3 is 2.62 bits per heavy atom. The summed E-state index contributed by atoms with van der Waals surface area (Å²) >= 11 is 0. The first kappa shape index (κ1) is 14.8. The van der Waals surface area contributed by atoms with Gasteiger partial charge in [0.1, 0.15) is 5.75 Å². The van der Waals surface area contributed by atoms with Crippen LogP contribution in [0, 0.1) is 0 Å². The van der Waals surface area contributed by atoms with Gasteiger partial charge in [0.15, 0.2) is 6.61 Å². The van der Waals surface area contributed by atoms with Gasteiger partial charge in [0.2, 0.25) is 0 Å². The number of carbonyl (C=O) groups is 2. The summed E-state index contributed by atoms with van der Waals surface area (Å²) in [6.45, 7) is 3.63. The molecule has 0 aromatic heterocycles. The van der Waals surface area contributed by atoms with E-state index >= 15 is 0 Å². The Hall–Kier alpha value is -2.63. The second-order valence-corrected chi connectivity index (χ2v) is 4.28. The minimum Gasteiger partial charge on any atom is -0.482 e. The lowest BCUT2D eigenvalue weighted by Crippen LogP contribution is -2.14. The summed E-state index contributed by atoms with van der Waals surface area (Å²) in [5, 5.41) is 3.60. The third kappa shape index (κ3) is 3.92. The number of esters is 1. The van der Waals surface area contributed by atoms with Crippen LogP contribution in [0.5, 0.6) is 5.75 Å². The Labute approximate surface area is 122 Å². The van der Waals surface area contributed by atoms with Gasteiger partial charge in [0.25, 0.3) is 0 Å². The van der Waals surface area contributed by atoms with E-state index in [9.17, 15) is 9.59 Å². The third-order valence-corrected chi connectivity index (χ3v) is 2.73. The molecule has 1 aliphatic rings. The minimum atomic E-state index is -0.463. The predicted octanol–water partition coefficient (Wildman–Crippen LogP) is 1.94. The van der Waals surface area contributed by atoms with Crippen LogP contribution in [-0.2, 0) is 19.2 Å². The molecule has 0 saturated heterocycles. The van der Waals surface area contributed by atoms with E-state index in [2.05, 4.69) is 9.99 Å². The number of oxime groups is 1. The van der Waals surface area contributed by atoms with Crippen molar-refractivity contribution in [3.8, 4) is 5.75 Å². The van der Waals surface area contributed by atoms with E-state index in [0.29, 0.717) is 23.6 Å². The summed E-state index contributed by atoms with van der Waals surface area (Å²) < 4.78 is 10.0. The zero-order valence-electron chi connectivity index (χ0n) is 11.8. The molecule has 21 heavy (non-hydrogen) atoms. The molecule has 110 valence electrons. The van der Waals surface area contributed by atoms with Gasteiger partial charge < -0.3 is 14.3 Å². The van der Waals surface area contributed by atoms with E-state index in [4.69, 9.17) is 9.47 Å². The molecule has 1 aromatic carbocycles. The molecular formula is C15H15NO5. The zero-order valence-corrected chi connectivity index (χ0v) is 11.8. The van der Waals surface area contributed by atoms with Crippen molar-refractivity contribution in [1.29, 1.82) is 0 Å². The lowest BCUT2D eigenvalue weighted by Gasteiger charge is -2.05. The van der Waals surface area contributed by atoms with Crippen LogP contribution in [0.4, 0.5) is 0 Å². The van der Waals surface area contributed by atoms with Crippen LogP contribution in [0.1, 0.15) is 19.4 Å². The predicted molar refractivity (Wildman–Crippen MR) is 75.7 cm³/mol. The van der Waals surface area contributed by atoms with Crippen LogP contribution in [-0.4, -0.2) is 30.9 Å². The number of benzene rings is 1. The number of ether oxygens (including phenoxy) is 2. The van der Waals surface area contributed by atoms with Crippen LogP contribution in [0.25, 0.3) is 6.08 Å². The summed E-state index contributed by atoms with van der Waals surface area (Å²) in [5.41, 5.74) is 1.78. The van der Waals surface area contributed by atoms with Crippen molar-refractivity contribution in [3.63, 3.8) is 0 Å². The monoisotopic (exact) mass is 289 g/mol. The van der Waals surface area contributed by atoms with Crippen LogP contribution in [0.15, 0.2) is 35.0 Å². The van der Waals surface area contributed by atoms with E-state index in [1.807, 2.05) is 0 Å². The summed E-state index contributed by atoms with van der Waals surface area (Å²) in [4.78, 5) is 27.1. The third-order valence-electron chi connectivity index (χ3n) is 2.73. The van der Waals surface area contributed by atoms with Crippen LogP contribution < -0.4 is 4.74 Å². The van der Waals surface area contributed by atoms with E-state index in [1.165, 1.54) is 0 Å². The second-order valence-electron chi connectivity index (χ2n) is 4.28. The molecule has 1 aromatic rings. The van der Waals surface area contributed by atoms with Crippen LogP contribution >= 0.6 is 0 Å². The van der Waals surface area contributed by atoms with E-state index in [-0.39, 0.29) is 6.61 Å². The van der Waals surface area contributed by atoms with Gasteiger partial charge in [-0.25, -0.2) is 9.59 Å². The number of rotatable bonds is 5. The Morgan fingerprint density at radius 2 is 2.05 bits per heavy atom. The van der Waals surface area contributed by atoms with Crippen molar-refractivity contribution in [2.75, 3.05) is 13.2 Å². The molecule has 6 nitrogen and oxygen atoms in total. The quantitative estimate of drug-likeness (QED) is 0.470. The second kappa shape index (κ2) is 6.69. The maximum Gasteiger partial charge on any atom is 0.367 e. The van der Waals surface area contributed by atoms with Crippen molar-refractivity contribution < 1.29 is 23.9 Å². The van der Waals surface area contributed by atoms with Gasteiger partial charge in [-0.05, 0) is 37.6 Å².